The zero-order chi connectivity index (χ0) is 15.6. The van der Waals surface area contributed by atoms with Crippen LogP contribution in [0.1, 0.15) is 17.2 Å². The van der Waals surface area contributed by atoms with Gasteiger partial charge in [0.1, 0.15) is 17.6 Å². The number of imidazole rings is 1. The number of nitrogens with one attached hydrogen (secondary N) is 1. The topological polar surface area (TPSA) is 68.8 Å². The highest BCUT2D eigenvalue weighted by atomic mass is 32.1. The summed E-state index contributed by atoms with van der Waals surface area (Å²) in [5.41, 5.74) is 2.81. The number of rotatable bonds is 5. The van der Waals surface area contributed by atoms with Crippen molar-refractivity contribution in [2.75, 3.05) is 11.9 Å². The Hall–Kier alpha value is -2.67. The van der Waals surface area contributed by atoms with E-state index in [0.29, 0.717) is 6.54 Å². The van der Waals surface area contributed by atoms with Crippen molar-refractivity contribution in [1.82, 2.24) is 19.5 Å². The molecule has 1 unspecified atom stereocenters. The van der Waals surface area contributed by atoms with Crippen molar-refractivity contribution in [2.45, 2.75) is 5.92 Å². The van der Waals surface area contributed by atoms with Gasteiger partial charge in [0.05, 0.1) is 18.5 Å². The van der Waals surface area contributed by atoms with Crippen LogP contribution in [0.3, 0.4) is 0 Å². The molecule has 4 rings (SSSR count). The molecule has 1 atom stereocenters. The molecule has 0 aromatic carbocycles. The van der Waals surface area contributed by atoms with Crippen molar-refractivity contribution in [3.8, 4) is 0 Å². The molecule has 23 heavy (non-hydrogen) atoms. The Morgan fingerprint density at radius 2 is 2.26 bits per heavy atom. The van der Waals surface area contributed by atoms with Gasteiger partial charge in [-0.25, -0.2) is 15.0 Å². The summed E-state index contributed by atoms with van der Waals surface area (Å²) in [5.74, 6) is 1.80. The second kappa shape index (κ2) is 5.85. The van der Waals surface area contributed by atoms with Gasteiger partial charge in [-0.05, 0) is 34.5 Å². The van der Waals surface area contributed by atoms with Crippen LogP contribution in [0.2, 0.25) is 0 Å². The molecule has 0 saturated heterocycles. The van der Waals surface area contributed by atoms with Gasteiger partial charge in [0.2, 0.25) is 0 Å². The number of hydrogen-bond acceptors (Lipinski definition) is 6. The summed E-state index contributed by atoms with van der Waals surface area (Å²) in [6.45, 7) is 0.674. The smallest absolute Gasteiger partial charge is 0.165 e. The maximum atomic E-state index is 5.61. The number of fused-ring (bicyclic) bond motifs is 1. The Labute approximate surface area is 136 Å². The van der Waals surface area contributed by atoms with Gasteiger partial charge in [0.25, 0.3) is 0 Å². The van der Waals surface area contributed by atoms with Crippen molar-refractivity contribution < 1.29 is 4.42 Å². The van der Waals surface area contributed by atoms with Crippen LogP contribution in [0.15, 0.2) is 52.3 Å². The zero-order valence-corrected chi connectivity index (χ0v) is 13.3. The fourth-order valence-corrected chi connectivity index (χ4v) is 3.33. The minimum atomic E-state index is 0.130. The number of aryl methyl sites for hydroxylation is 1. The first-order valence-electron chi connectivity index (χ1n) is 7.24. The Bertz CT molecular complexity index is 864. The predicted octanol–water partition coefficient (Wildman–Crippen LogP) is 3.26. The fourth-order valence-electron chi connectivity index (χ4n) is 2.62. The molecule has 0 aliphatic carbocycles. The van der Waals surface area contributed by atoms with Crippen LogP contribution >= 0.6 is 11.3 Å². The highest BCUT2D eigenvalue weighted by Gasteiger charge is 2.18. The van der Waals surface area contributed by atoms with Crippen LogP contribution in [0.4, 0.5) is 5.82 Å². The van der Waals surface area contributed by atoms with E-state index in [1.807, 2.05) is 23.7 Å². The van der Waals surface area contributed by atoms with Gasteiger partial charge in [-0.2, -0.15) is 11.3 Å². The fraction of sp³-hybridized carbons (Fsp3) is 0.188. The van der Waals surface area contributed by atoms with Gasteiger partial charge in [0, 0.05) is 13.6 Å². The Morgan fingerprint density at radius 3 is 3.04 bits per heavy atom. The number of hydrogen-bond donors (Lipinski definition) is 1. The van der Waals surface area contributed by atoms with Crippen molar-refractivity contribution in [2.24, 2.45) is 7.05 Å². The molecule has 7 heteroatoms. The largest absolute Gasteiger partial charge is 0.469 e. The lowest BCUT2D eigenvalue weighted by Crippen LogP contribution is -2.14. The maximum Gasteiger partial charge on any atom is 0.165 e. The third-order valence-electron chi connectivity index (χ3n) is 3.80. The molecule has 0 bridgehead atoms. The van der Waals surface area contributed by atoms with Crippen LogP contribution in [0, 0.1) is 0 Å². The first-order valence-corrected chi connectivity index (χ1v) is 8.18. The molecule has 0 aliphatic heterocycles. The third-order valence-corrected chi connectivity index (χ3v) is 4.50. The summed E-state index contributed by atoms with van der Waals surface area (Å²) in [4.78, 5) is 13.0. The molecule has 0 spiro atoms. The van der Waals surface area contributed by atoms with Gasteiger partial charge in [-0.1, -0.05) is 0 Å². The predicted molar refractivity (Wildman–Crippen MR) is 89.7 cm³/mol. The van der Waals surface area contributed by atoms with Crippen LogP contribution < -0.4 is 5.32 Å². The molecule has 1 N–H and O–H groups in total. The number of aromatic nitrogens is 4. The van der Waals surface area contributed by atoms with Gasteiger partial charge >= 0.3 is 0 Å². The van der Waals surface area contributed by atoms with Gasteiger partial charge < -0.3 is 14.3 Å². The van der Waals surface area contributed by atoms with Crippen molar-refractivity contribution in [1.29, 1.82) is 0 Å². The standard InChI is InChI=1S/C16H15N5OS/c1-21-10-20-14-15(18-9-19-16(14)21)17-7-12(11-4-6-23-8-11)13-3-2-5-22-13/h2-6,8-10,12H,7H2,1H3,(H,17,18,19). The SMILES string of the molecule is Cn1cnc2c(NCC(c3ccsc3)c3ccco3)ncnc21. The molecule has 0 aliphatic rings. The summed E-state index contributed by atoms with van der Waals surface area (Å²) >= 11 is 1.68. The van der Waals surface area contributed by atoms with E-state index in [4.69, 9.17) is 4.42 Å². The monoisotopic (exact) mass is 325 g/mol. The summed E-state index contributed by atoms with van der Waals surface area (Å²) in [6, 6.07) is 6.03. The van der Waals surface area contributed by atoms with Crippen LogP contribution in [0.25, 0.3) is 11.2 Å². The highest BCUT2D eigenvalue weighted by Crippen LogP contribution is 2.28. The molecule has 0 fully saturated rings. The Morgan fingerprint density at radius 1 is 1.30 bits per heavy atom. The van der Waals surface area contributed by atoms with Crippen LogP contribution in [0.5, 0.6) is 0 Å². The van der Waals surface area contributed by atoms with Crippen LogP contribution in [-0.2, 0) is 7.05 Å². The average Bonchev–Trinajstić information content (AvgIpc) is 3.31. The van der Waals surface area contributed by atoms with E-state index >= 15 is 0 Å². The zero-order valence-electron chi connectivity index (χ0n) is 12.5. The summed E-state index contributed by atoms with van der Waals surface area (Å²) < 4.78 is 7.49. The Kier molecular flexibility index (Phi) is 3.55. The minimum Gasteiger partial charge on any atom is -0.469 e. The molecule has 0 amide bonds. The summed E-state index contributed by atoms with van der Waals surface area (Å²) in [5, 5.41) is 7.62. The van der Waals surface area contributed by atoms with E-state index in [-0.39, 0.29) is 5.92 Å². The number of thiophene rings is 1. The number of furan rings is 1. The molecule has 4 aromatic rings. The van der Waals surface area contributed by atoms with Gasteiger partial charge in [0.15, 0.2) is 11.5 Å². The van der Waals surface area contributed by atoms with Gasteiger partial charge in [-0.3, -0.25) is 0 Å². The van der Waals surface area contributed by atoms with E-state index in [0.717, 1.165) is 22.7 Å². The van der Waals surface area contributed by atoms with E-state index in [2.05, 4.69) is 37.1 Å². The Balaban J connectivity index is 1.63. The van der Waals surface area contributed by atoms with Crippen molar-refractivity contribution in [3.63, 3.8) is 0 Å². The third kappa shape index (κ3) is 2.59. The van der Waals surface area contributed by atoms with Gasteiger partial charge in [-0.15, -0.1) is 0 Å². The molecule has 0 radical (unpaired) electrons. The minimum absolute atomic E-state index is 0.130. The normalized spacial score (nSPS) is 12.6. The lowest BCUT2D eigenvalue weighted by Gasteiger charge is -2.15. The van der Waals surface area contributed by atoms with Crippen molar-refractivity contribution >= 4 is 28.3 Å². The molecule has 6 nitrogen and oxygen atoms in total. The van der Waals surface area contributed by atoms with E-state index in [1.165, 1.54) is 5.56 Å². The number of nitrogens with zero attached hydrogens (tertiary/aromatic N) is 4. The number of anilines is 1. The van der Waals surface area contributed by atoms with E-state index in [9.17, 15) is 0 Å². The summed E-state index contributed by atoms with van der Waals surface area (Å²) in [7, 11) is 1.92. The van der Waals surface area contributed by atoms with E-state index < -0.39 is 0 Å². The maximum absolute atomic E-state index is 5.61. The molecule has 4 heterocycles. The second-order valence-corrected chi connectivity index (χ2v) is 6.04. The highest BCUT2D eigenvalue weighted by molar-refractivity contribution is 7.08. The summed E-state index contributed by atoms with van der Waals surface area (Å²) in [6.07, 6.45) is 5.00. The molecular formula is C16H15N5OS. The molecule has 4 aromatic heterocycles. The lowest BCUT2D eigenvalue weighted by atomic mass is 9.99. The first kappa shape index (κ1) is 14.0. The quantitative estimate of drug-likeness (QED) is 0.610. The van der Waals surface area contributed by atoms with Crippen LogP contribution in [-0.4, -0.2) is 26.1 Å². The van der Waals surface area contributed by atoms with Crippen molar-refractivity contribution in [3.05, 3.63) is 59.2 Å². The van der Waals surface area contributed by atoms with E-state index in [1.54, 1.807) is 30.3 Å². The second-order valence-electron chi connectivity index (χ2n) is 5.26. The molecule has 0 saturated carbocycles. The molecular weight excluding hydrogens is 310 g/mol. The lowest BCUT2D eigenvalue weighted by molar-refractivity contribution is 0.491. The first-order chi connectivity index (χ1) is 11.3. The molecule has 116 valence electrons. The average molecular weight is 325 g/mol.